The highest BCUT2D eigenvalue weighted by Gasteiger charge is 2.51. The van der Waals surface area contributed by atoms with Crippen LogP contribution in [0.4, 0.5) is 0 Å². The molecule has 0 aliphatic heterocycles. The largest absolute Gasteiger partial charge is 0.103 e. The van der Waals surface area contributed by atoms with Crippen molar-refractivity contribution in [1.29, 1.82) is 0 Å². The third-order valence-corrected chi connectivity index (χ3v) is 5.03. The Balaban J connectivity index is 1.83. The molecule has 13 heavy (non-hydrogen) atoms. The van der Waals surface area contributed by atoms with Crippen LogP contribution in [-0.2, 0) is 0 Å². The van der Waals surface area contributed by atoms with Crippen LogP contribution in [0.25, 0.3) is 0 Å². The molecule has 5 atom stereocenters. The van der Waals surface area contributed by atoms with Crippen molar-refractivity contribution in [2.75, 3.05) is 0 Å². The fraction of sp³-hybridized carbons (Fsp3) is 0.846. The fourth-order valence-electron chi connectivity index (χ4n) is 4.56. The predicted octanol–water partition coefficient (Wildman–Crippen LogP) is 3.63. The van der Waals surface area contributed by atoms with E-state index in [0.29, 0.717) is 0 Å². The van der Waals surface area contributed by atoms with Crippen LogP contribution in [0.15, 0.2) is 12.7 Å². The van der Waals surface area contributed by atoms with Crippen molar-refractivity contribution >= 4 is 0 Å². The van der Waals surface area contributed by atoms with E-state index in [9.17, 15) is 0 Å². The van der Waals surface area contributed by atoms with E-state index in [1.165, 1.54) is 25.7 Å². The van der Waals surface area contributed by atoms with Gasteiger partial charge in [0.1, 0.15) is 0 Å². The molecule has 0 heterocycles. The maximum atomic E-state index is 4.00. The smallest absolute Gasteiger partial charge is 0.0202 e. The van der Waals surface area contributed by atoms with Gasteiger partial charge in [0.15, 0.2) is 0 Å². The number of hydrogen-bond donors (Lipinski definition) is 0. The van der Waals surface area contributed by atoms with E-state index in [1.807, 2.05) is 0 Å². The minimum atomic E-state index is 0.893. The predicted molar refractivity (Wildman–Crippen MR) is 55.3 cm³/mol. The highest BCUT2D eigenvalue weighted by molar-refractivity contribution is 5.05. The number of fused-ring (bicyclic) bond motifs is 5. The first-order chi connectivity index (χ1) is 6.40. The van der Waals surface area contributed by atoms with E-state index in [-0.39, 0.29) is 0 Å². The summed E-state index contributed by atoms with van der Waals surface area (Å²) in [6, 6.07) is 0. The minimum Gasteiger partial charge on any atom is -0.103 e. The summed E-state index contributed by atoms with van der Waals surface area (Å²) in [7, 11) is 0. The molecule has 0 nitrogen and oxygen atoms in total. The molecule has 0 spiro atoms. The van der Waals surface area contributed by atoms with Gasteiger partial charge < -0.3 is 0 Å². The third-order valence-electron chi connectivity index (χ3n) is 5.03. The molecule has 5 unspecified atom stereocenters. The summed E-state index contributed by atoms with van der Waals surface area (Å²) < 4.78 is 0. The van der Waals surface area contributed by atoms with E-state index in [1.54, 1.807) is 12.8 Å². The Hall–Kier alpha value is -0.260. The molecule has 0 N–H and O–H groups in total. The average molecular weight is 176 g/mol. The van der Waals surface area contributed by atoms with Gasteiger partial charge in [-0.2, -0.15) is 0 Å². The molecule has 3 fully saturated rings. The molecular formula is C13H20. The first-order valence-corrected chi connectivity index (χ1v) is 6.02. The number of rotatable bonds is 1. The van der Waals surface area contributed by atoms with E-state index in [2.05, 4.69) is 12.7 Å². The molecule has 0 saturated heterocycles. The summed E-state index contributed by atoms with van der Waals surface area (Å²) >= 11 is 0. The Morgan fingerprint density at radius 1 is 0.923 bits per heavy atom. The lowest BCUT2D eigenvalue weighted by Gasteiger charge is -2.38. The summed E-state index contributed by atoms with van der Waals surface area (Å²) in [6.07, 6.45) is 11.4. The van der Waals surface area contributed by atoms with Crippen molar-refractivity contribution in [1.82, 2.24) is 0 Å². The molecular weight excluding hydrogens is 156 g/mol. The summed E-state index contributed by atoms with van der Waals surface area (Å²) in [6.45, 7) is 4.00. The third kappa shape index (κ3) is 1.04. The van der Waals surface area contributed by atoms with Crippen LogP contribution in [0.3, 0.4) is 0 Å². The molecule has 0 radical (unpaired) electrons. The molecule has 3 saturated carbocycles. The van der Waals surface area contributed by atoms with Gasteiger partial charge >= 0.3 is 0 Å². The molecule has 3 rings (SSSR count). The van der Waals surface area contributed by atoms with Gasteiger partial charge in [0.2, 0.25) is 0 Å². The maximum absolute atomic E-state index is 4.00. The van der Waals surface area contributed by atoms with Gasteiger partial charge in [0.25, 0.3) is 0 Å². The Morgan fingerprint density at radius 3 is 2.46 bits per heavy atom. The monoisotopic (exact) mass is 176 g/mol. The summed E-state index contributed by atoms with van der Waals surface area (Å²) in [5.74, 6) is 5.28. The normalized spacial score (nSPS) is 53.4. The van der Waals surface area contributed by atoms with Crippen LogP contribution in [0.1, 0.15) is 38.5 Å². The van der Waals surface area contributed by atoms with Gasteiger partial charge in [-0.1, -0.05) is 18.9 Å². The maximum Gasteiger partial charge on any atom is -0.0202 e. The highest BCUT2D eigenvalue weighted by Crippen LogP contribution is 2.59. The average Bonchev–Trinajstić information content (AvgIpc) is 2.75. The van der Waals surface area contributed by atoms with Crippen molar-refractivity contribution in [3.05, 3.63) is 12.7 Å². The lowest BCUT2D eigenvalue weighted by Crippen LogP contribution is -2.29. The van der Waals surface area contributed by atoms with Crippen molar-refractivity contribution in [3.8, 4) is 0 Å². The zero-order valence-electron chi connectivity index (χ0n) is 8.41. The first-order valence-electron chi connectivity index (χ1n) is 6.02. The van der Waals surface area contributed by atoms with Crippen molar-refractivity contribution < 1.29 is 0 Å². The second-order valence-electron chi connectivity index (χ2n) is 5.41. The summed E-state index contributed by atoms with van der Waals surface area (Å²) in [5, 5.41) is 0. The van der Waals surface area contributed by atoms with Crippen LogP contribution in [0.5, 0.6) is 0 Å². The Kier molecular flexibility index (Phi) is 1.78. The Labute approximate surface area is 81.4 Å². The van der Waals surface area contributed by atoms with Gasteiger partial charge in [-0.25, -0.2) is 0 Å². The molecule has 0 aromatic carbocycles. The molecule has 0 amide bonds. The van der Waals surface area contributed by atoms with E-state index in [0.717, 1.165) is 29.6 Å². The number of allylic oxidation sites excluding steroid dienone is 1. The molecule has 0 aromatic rings. The summed E-state index contributed by atoms with van der Waals surface area (Å²) in [5.41, 5.74) is 0. The highest BCUT2D eigenvalue weighted by atomic mass is 14.6. The molecule has 3 aliphatic carbocycles. The Morgan fingerprint density at radius 2 is 1.69 bits per heavy atom. The van der Waals surface area contributed by atoms with Crippen LogP contribution in [0, 0.1) is 29.6 Å². The van der Waals surface area contributed by atoms with E-state index >= 15 is 0 Å². The van der Waals surface area contributed by atoms with Crippen molar-refractivity contribution in [3.63, 3.8) is 0 Å². The molecule has 3 aliphatic rings. The molecule has 2 bridgehead atoms. The SMILES string of the molecule is C=CC1CC2CC1C1CCCCC21. The van der Waals surface area contributed by atoms with E-state index < -0.39 is 0 Å². The standard InChI is InChI=1S/C13H20/c1-2-9-7-10-8-13(9)12-6-4-3-5-11(10)12/h2,9-13H,1,3-8H2. The first kappa shape index (κ1) is 8.08. The zero-order chi connectivity index (χ0) is 8.84. The lowest BCUT2D eigenvalue weighted by molar-refractivity contribution is 0.133. The van der Waals surface area contributed by atoms with Crippen molar-refractivity contribution in [2.24, 2.45) is 29.6 Å². The Bertz CT molecular complexity index is 218. The van der Waals surface area contributed by atoms with Crippen LogP contribution < -0.4 is 0 Å². The van der Waals surface area contributed by atoms with Gasteiger partial charge in [0, 0.05) is 0 Å². The van der Waals surface area contributed by atoms with Gasteiger partial charge in [0.05, 0.1) is 0 Å². The quantitative estimate of drug-likeness (QED) is 0.535. The van der Waals surface area contributed by atoms with Crippen LogP contribution in [-0.4, -0.2) is 0 Å². The van der Waals surface area contributed by atoms with Gasteiger partial charge in [-0.15, -0.1) is 6.58 Å². The van der Waals surface area contributed by atoms with Crippen LogP contribution >= 0.6 is 0 Å². The second kappa shape index (κ2) is 2.87. The topological polar surface area (TPSA) is 0 Å². The van der Waals surface area contributed by atoms with E-state index in [4.69, 9.17) is 0 Å². The lowest BCUT2D eigenvalue weighted by atomic mass is 9.67. The minimum absolute atomic E-state index is 0.893. The summed E-state index contributed by atoms with van der Waals surface area (Å²) in [4.78, 5) is 0. The van der Waals surface area contributed by atoms with Crippen molar-refractivity contribution in [2.45, 2.75) is 38.5 Å². The number of hydrogen-bond acceptors (Lipinski definition) is 0. The molecule has 0 aromatic heterocycles. The fourth-order valence-corrected chi connectivity index (χ4v) is 4.56. The molecule has 72 valence electrons. The molecule has 0 heteroatoms. The van der Waals surface area contributed by atoms with Gasteiger partial charge in [-0.05, 0) is 55.3 Å². The van der Waals surface area contributed by atoms with Crippen LogP contribution in [0.2, 0.25) is 0 Å². The van der Waals surface area contributed by atoms with Gasteiger partial charge in [-0.3, -0.25) is 0 Å². The second-order valence-corrected chi connectivity index (χ2v) is 5.41. The zero-order valence-corrected chi connectivity index (χ0v) is 8.41.